The topological polar surface area (TPSA) is 65.5 Å². The summed E-state index contributed by atoms with van der Waals surface area (Å²) in [6, 6.07) is 12.7. The Morgan fingerprint density at radius 3 is 2.70 bits per heavy atom. The van der Waals surface area contributed by atoms with Gasteiger partial charge < -0.3 is 9.47 Å². The van der Waals surface area contributed by atoms with Crippen LogP contribution < -0.4 is 0 Å². The Hall–Kier alpha value is -2.44. The van der Waals surface area contributed by atoms with E-state index in [2.05, 4.69) is 25.8 Å². The number of fused-ring (bicyclic) bond motifs is 1. The minimum absolute atomic E-state index is 0.128. The lowest BCUT2D eigenvalue weighted by Crippen LogP contribution is -2.36. The molecule has 7 heteroatoms. The fraction of sp³-hybridized carbons (Fsp3) is 0.423. The molecule has 0 amide bonds. The van der Waals surface area contributed by atoms with Crippen molar-refractivity contribution in [3.63, 3.8) is 0 Å². The number of halogens is 1. The summed E-state index contributed by atoms with van der Waals surface area (Å²) in [6.07, 6.45) is 2.93. The second-order valence-corrected chi connectivity index (χ2v) is 10.8. The summed E-state index contributed by atoms with van der Waals surface area (Å²) in [5, 5.41) is 0.670. The Kier molecular flexibility index (Phi) is 7.35. The summed E-state index contributed by atoms with van der Waals surface area (Å²) in [7, 11) is 0. The fourth-order valence-electron chi connectivity index (χ4n) is 4.58. The predicted molar refractivity (Wildman–Crippen MR) is 132 cm³/mol. The SMILES string of the molecule is CC(C)[C@H]1CC[C@@H](C)C[C@@H]1OC(=O)COC(=O)c1cc(-c2ccc(Cl)s2)nc2ccccc12. The third kappa shape index (κ3) is 5.56. The van der Waals surface area contributed by atoms with E-state index in [-0.39, 0.29) is 6.10 Å². The standard InChI is InChI=1S/C26H28ClNO4S/c1-15(2)17-9-8-16(3)12-22(17)32-25(29)14-31-26(30)19-13-21(23-10-11-24(27)33-23)28-20-7-5-4-6-18(19)20/h4-7,10-11,13,15-17,22H,8-9,12,14H2,1-3H3/t16-,17-,22+/m1/s1. The molecule has 1 aliphatic rings. The molecule has 0 N–H and O–H groups in total. The van der Waals surface area contributed by atoms with Crippen molar-refractivity contribution >= 4 is 45.8 Å². The number of hydrogen-bond acceptors (Lipinski definition) is 6. The van der Waals surface area contributed by atoms with Gasteiger partial charge in [0.2, 0.25) is 0 Å². The van der Waals surface area contributed by atoms with Crippen LogP contribution in [0, 0.1) is 17.8 Å². The zero-order valence-corrected chi connectivity index (χ0v) is 20.6. The minimum atomic E-state index is -0.577. The van der Waals surface area contributed by atoms with Crippen LogP contribution in [-0.4, -0.2) is 29.6 Å². The van der Waals surface area contributed by atoms with Crippen LogP contribution in [0.2, 0.25) is 4.34 Å². The van der Waals surface area contributed by atoms with Gasteiger partial charge in [-0.15, -0.1) is 11.3 Å². The molecule has 0 bridgehead atoms. The van der Waals surface area contributed by atoms with Crippen molar-refractivity contribution in [2.24, 2.45) is 17.8 Å². The molecule has 1 aromatic carbocycles. The van der Waals surface area contributed by atoms with Gasteiger partial charge in [-0.25, -0.2) is 14.6 Å². The summed E-state index contributed by atoms with van der Waals surface area (Å²) < 4.78 is 11.8. The van der Waals surface area contributed by atoms with Crippen LogP contribution in [0.1, 0.15) is 50.4 Å². The van der Waals surface area contributed by atoms with Gasteiger partial charge in [0, 0.05) is 5.39 Å². The van der Waals surface area contributed by atoms with Crippen molar-refractivity contribution in [3.05, 3.63) is 52.4 Å². The molecule has 1 saturated carbocycles. The number of carbonyl (C=O) groups is 2. The van der Waals surface area contributed by atoms with Crippen molar-refractivity contribution in [2.75, 3.05) is 6.61 Å². The molecule has 0 saturated heterocycles. The zero-order valence-electron chi connectivity index (χ0n) is 19.0. The van der Waals surface area contributed by atoms with Gasteiger partial charge in [0.05, 0.1) is 26.0 Å². The van der Waals surface area contributed by atoms with E-state index in [9.17, 15) is 9.59 Å². The molecule has 3 aromatic rings. The number of ether oxygens (including phenoxy) is 2. The lowest BCUT2D eigenvalue weighted by atomic mass is 9.75. The van der Waals surface area contributed by atoms with Crippen LogP contribution in [0.25, 0.3) is 21.5 Å². The first kappa shape index (κ1) is 23.7. The van der Waals surface area contributed by atoms with Crippen molar-refractivity contribution in [3.8, 4) is 10.6 Å². The largest absolute Gasteiger partial charge is 0.460 e. The van der Waals surface area contributed by atoms with E-state index >= 15 is 0 Å². The van der Waals surface area contributed by atoms with Crippen molar-refractivity contribution in [1.29, 1.82) is 0 Å². The van der Waals surface area contributed by atoms with E-state index in [0.717, 1.165) is 24.1 Å². The highest BCUT2D eigenvalue weighted by molar-refractivity contribution is 7.19. The predicted octanol–water partition coefficient (Wildman–Crippen LogP) is 6.78. The molecule has 33 heavy (non-hydrogen) atoms. The first-order valence-corrected chi connectivity index (χ1v) is 12.5. The van der Waals surface area contributed by atoms with Gasteiger partial charge in [0.15, 0.2) is 6.61 Å². The van der Waals surface area contributed by atoms with E-state index in [1.54, 1.807) is 12.1 Å². The highest BCUT2D eigenvalue weighted by Gasteiger charge is 2.33. The van der Waals surface area contributed by atoms with Crippen molar-refractivity contribution in [1.82, 2.24) is 4.98 Å². The average molecular weight is 486 g/mol. The summed E-state index contributed by atoms with van der Waals surface area (Å²) in [6.45, 7) is 6.10. The Morgan fingerprint density at radius 1 is 1.18 bits per heavy atom. The molecule has 3 atom stereocenters. The highest BCUT2D eigenvalue weighted by atomic mass is 35.5. The van der Waals surface area contributed by atoms with Gasteiger partial charge in [-0.05, 0) is 54.9 Å². The molecule has 0 aliphatic heterocycles. The summed E-state index contributed by atoms with van der Waals surface area (Å²) in [5.41, 5.74) is 1.67. The molecule has 0 radical (unpaired) electrons. The number of rotatable bonds is 6. The molecule has 2 aromatic heterocycles. The van der Waals surface area contributed by atoms with E-state index in [1.807, 2.05) is 30.3 Å². The smallest absolute Gasteiger partial charge is 0.344 e. The minimum Gasteiger partial charge on any atom is -0.460 e. The molecular formula is C26H28ClNO4S. The second kappa shape index (κ2) is 10.2. The quantitative estimate of drug-likeness (QED) is 0.360. The number of aromatic nitrogens is 1. The van der Waals surface area contributed by atoms with Crippen LogP contribution in [-0.2, 0) is 14.3 Å². The summed E-state index contributed by atoms with van der Waals surface area (Å²) in [5.74, 6) is 0.215. The lowest BCUT2D eigenvalue weighted by molar-refractivity contribution is -0.159. The van der Waals surface area contributed by atoms with Gasteiger partial charge in [-0.2, -0.15) is 0 Å². The van der Waals surface area contributed by atoms with Gasteiger partial charge in [-0.3, -0.25) is 0 Å². The van der Waals surface area contributed by atoms with Crippen molar-refractivity contribution in [2.45, 2.75) is 46.1 Å². The normalized spacial score (nSPS) is 20.7. The number of benzene rings is 1. The van der Waals surface area contributed by atoms with E-state index in [1.165, 1.54) is 11.3 Å². The monoisotopic (exact) mass is 485 g/mol. The van der Waals surface area contributed by atoms with Crippen LogP contribution >= 0.6 is 22.9 Å². The first-order chi connectivity index (χ1) is 15.8. The van der Waals surface area contributed by atoms with E-state index < -0.39 is 18.5 Å². The van der Waals surface area contributed by atoms with Crippen LogP contribution in [0.5, 0.6) is 0 Å². The maximum Gasteiger partial charge on any atom is 0.344 e. The molecule has 2 heterocycles. The third-order valence-electron chi connectivity index (χ3n) is 6.33. The van der Waals surface area contributed by atoms with E-state index in [4.69, 9.17) is 21.1 Å². The van der Waals surface area contributed by atoms with E-state index in [0.29, 0.717) is 44.3 Å². The maximum atomic E-state index is 13.0. The Labute approximate surface area is 203 Å². The van der Waals surface area contributed by atoms with Gasteiger partial charge >= 0.3 is 11.9 Å². The molecule has 1 aliphatic carbocycles. The number of thiophene rings is 1. The molecule has 174 valence electrons. The molecule has 5 nitrogen and oxygen atoms in total. The summed E-state index contributed by atoms with van der Waals surface area (Å²) >= 11 is 7.47. The maximum absolute atomic E-state index is 13.0. The molecule has 1 fully saturated rings. The Balaban J connectivity index is 1.49. The lowest BCUT2D eigenvalue weighted by Gasteiger charge is -2.36. The van der Waals surface area contributed by atoms with Crippen LogP contribution in [0.4, 0.5) is 0 Å². The number of esters is 2. The number of nitrogens with zero attached hydrogens (tertiary/aromatic N) is 1. The molecule has 0 spiro atoms. The first-order valence-electron chi connectivity index (χ1n) is 11.3. The second-order valence-electron chi connectivity index (χ2n) is 9.11. The molecule has 4 rings (SSSR count). The number of hydrogen-bond donors (Lipinski definition) is 0. The Bertz CT molecular complexity index is 1160. The number of carbonyl (C=O) groups excluding carboxylic acids is 2. The molecular weight excluding hydrogens is 458 g/mol. The zero-order chi connectivity index (χ0) is 23.5. The Morgan fingerprint density at radius 2 is 1.97 bits per heavy atom. The highest BCUT2D eigenvalue weighted by Crippen LogP contribution is 2.35. The van der Waals surface area contributed by atoms with Crippen molar-refractivity contribution < 1.29 is 19.1 Å². The van der Waals surface area contributed by atoms with Gasteiger partial charge in [-0.1, -0.05) is 57.0 Å². The number of pyridine rings is 1. The van der Waals surface area contributed by atoms with Gasteiger partial charge in [0.1, 0.15) is 6.10 Å². The van der Waals surface area contributed by atoms with Gasteiger partial charge in [0.25, 0.3) is 0 Å². The fourth-order valence-corrected chi connectivity index (χ4v) is 5.58. The average Bonchev–Trinajstić information content (AvgIpc) is 3.23. The third-order valence-corrected chi connectivity index (χ3v) is 7.58. The van der Waals surface area contributed by atoms with Crippen LogP contribution in [0.3, 0.4) is 0 Å². The van der Waals surface area contributed by atoms with Crippen LogP contribution in [0.15, 0.2) is 42.5 Å². The number of para-hydroxylation sites is 1. The summed E-state index contributed by atoms with van der Waals surface area (Å²) in [4.78, 5) is 31.1. The molecule has 0 unspecified atom stereocenters.